The fourth-order valence-corrected chi connectivity index (χ4v) is 5.86. The van der Waals surface area contributed by atoms with E-state index in [1.165, 1.54) is 32.2 Å². The van der Waals surface area contributed by atoms with Gasteiger partial charge in [-0.3, -0.25) is 24.2 Å². The van der Waals surface area contributed by atoms with Crippen LogP contribution < -0.4 is 25.7 Å². The second kappa shape index (κ2) is 19.0. The number of alkyl halides is 6. The van der Waals surface area contributed by atoms with Gasteiger partial charge in [0, 0.05) is 18.4 Å². The third kappa shape index (κ3) is 11.6. The third-order valence-electron chi connectivity index (χ3n) is 8.27. The first kappa shape index (κ1) is 46.4. The number of aromatic nitrogens is 2. The van der Waals surface area contributed by atoms with Gasteiger partial charge in [0.25, 0.3) is 17.4 Å². The van der Waals surface area contributed by atoms with E-state index in [0.717, 1.165) is 54.7 Å². The van der Waals surface area contributed by atoms with Crippen molar-refractivity contribution in [1.82, 2.24) is 15.1 Å². The molecule has 2 amide bonds. The monoisotopic (exact) mass is 911 g/mol. The van der Waals surface area contributed by atoms with Crippen LogP contribution in [0.15, 0.2) is 94.5 Å². The molecule has 5 aromatic rings. The largest absolute Gasteiger partial charge is 0.456 e. The normalized spacial score (nSPS) is 12.5. The number of ether oxygens (including phenoxy) is 2. The topological polar surface area (TPSA) is 161 Å². The van der Waals surface area contributed by atoms with Gasteiger partial charge in [0.1, 0.15) is 47.9 Å². The number of allylic oxidation sites excluding steroid dienone is 1. The number of rotatable bonds is 9. The van der Waals surface area contributed by atoms with E-state index < -0.39 is 80.8 Å². The molecule has 62 heavy (non-hydrogen) atoms. The van der Waals surface area contributed by atoms with Crippen LogP contribution >= 0.6 is 23.2 Å². The summed E-state index contributed by atoms with van der Waals surface area (Å²) in [5, 5.41) is 15.8. The summed E-state index contributed by atoms with van der Waals surface area (Å²) in [6.07, 6.45) is -6.18. The van der Waals surface area contributed by atoms with Crippen molar-refractivity contribution >= 4 is 52.7 Å². The number of nitrogens with zero attached hydrogens (tertiary/aromatic N) is 3. The van der Waals surface area contributed by atoms with Crippen molar-refractivity contribution in [1.29, 1.82) is 0 Å². The number of benzene rings is 4. The zero-order chi connectivity index (χ0) is 45.7. The summed E-state index contributed by atoms with van der Waals surface area (Å²) in [4.78, 5) is 52.4. The van der Waals surface area contributed by atoms with E-state index in [0.29, 0.717) is 22.4 Å². The number of hydrogen-bond donors (Lipinski definition) is 3. The maximum atomic E-state index is 13.4. The van der Waals surface area contributed by atoms with Gasteiger partial charge in [-0.05, 0) is 85.6 Å². The quantitative estimate of drug-likeness (QED) is 0.123. The van der Waals surface area contributed by atoms with Gasteiger partial charge < -0.3 is 25.2 Å². The number of carbonyl (C=O) groups excluding carboxylic acids is 3. The number of ketones is 1. The Labute approximate surface area is 354 Å². The molecule has 22 heteroatoms. The number of anilines is 1. The summed E-state index contributed by atoms with van der Waals surface area (Å²) in [7, 11) is 0. The molecule has 6 rings (SSSR count). The molecular weight excluding hydrogens is 885 g/mol. The van der Waals surface area contributed by atoms with E-state index in [1.54, 1.807) is 0 Å². The highest BCUT2D eigenvalue weighted by atomic mass is 35.5. The minimum absolute atomic E-state index is 0.0168. The van der Waals surface area contributed by atoms with Crippen molar-refractivity contribution in [3.8, 4) is 23.0 Å². The average Bonchev–Trinajstić information content (AvgIpc) is 3.17. The molecule has 3 N–H and O–H groups in total. The van der Waals surface area contributed by atoms with E-state index in [4.69, 9.17) is 37.8 Å². The Bertz CT molecular complexity index is 2700. The van der Waals surface area contributed by atoms with Crippen LogP contribution in [0.25, 0.3) is 0 Å². The van der Waals surface area contributed by atoms with Gasteiger partial charge in [-0.2, -0.15) is 31.4 Å². The number of aliphatic imine (C=N–C) groups is 1. The first-order valence-electron chi connectivity index (χ1n) is 17.3. The number of amides is 2. The van der Waals surface area contributed by atoms with Crippen LogP contribution in [0, 0.1) is 25.5 Å². The van der Waals surface area contributed by atoms with Crippen molar-refractivity contribution in [2.45, 2.75) is 32.9 Å². The highest BCUT2D eigenvalue weighted by Gasteiger charge is 2.36. The van der Waals surface area contributed by atoms with E-state index in [2.05, 4.69) is 20.7 Å². The number of aliphatic hydroxyl groups excluding tert-OH is 1. The fourth-order valence-electron chi connectivity index (χ4n) is 5.32. The molecule has 0 atom stereocenters. The first-order chi connectivity index (χ1) is 29.0. The number of nitrogens with one attached hydrogen (secondary N) is 2. The number of carbonyl (C=O) groups is 3. The second-order valence-corrected chi connectivity index (χ2v) is 13.7. The lowest BCUT2D eigenvalue weighted by molar-refractivity contribution is -0.138. The van der Waals surface area contributed by atoms with Crippen LogP contribution in [0.5, 0.6) is 23.0 Å². The summed E-state index contributed by atoms with van der Waals surface area (Å²) in [6, 6.07) is 10.5. The molecule has 0 saturated carbocycles. The molecular formula is C40H27Cl2F8N5O7. The van der Waals surface area contributed by atoms with E-state index in [9.17, 15) is 54.3 Å². The molecule has 0 radical (unpaired) electrons. The van der Waals surface area contributed by atoms with Gasteiger partial charge in [-0.15, -0.1) is 0 Å². The molecule has 0 spiro atoms. The molecule has 0 bridgehead atoms. The summed E-state index contributed by atoms with van der Waals surface area (Å²) in [5.41, 5.74) is -3.30. The Balaban J connectivity index is 0.000000235. The van der Waals surface area contributed by atoms with Crippen LogP contribution in [-0.4, -0.2) is 45.2 Å². The van der Waals surface area contributed by atoms with Gasteiger partial charge in [-0.1, -0.05) is 23.2 Å². The van der Waals surface area contributed by atoms with Gasteiger partial charge in [0.15, 0.2) is 5.78 Å². The number of aliphatic hydroxyl groups is 1. The molecule has 4 aromatic carbocycles. The van der Waals surface area contributed by atoms with E-state index >= 15 is 0 Å². The Morgan fingerprint density at radius 3 is 1.65 bits per heavy atom. The Morgan fingerprint density at radius 2 is 1.23 bits per heavy atom. The predicted octanol–water partition coefficient (Wildman–Crippen LogP) is 9.22. The van der Waals surface area contributed by atoms with E-state index in [-0.39, 0.29) is 51.9 Å². The zero-order valence-corrected chi connectivity index (χ0v) is 33.0. The molecule has 0 fully saturated rings. The smallest absolute Gasteiger partial charge is 0.417 e. The van der Waals surface area contributed by atoms with Crippen molar-refractivity contribution in [3.63, 3.8) is 0 Å². The maximum absolute atomic E-state index is 13.4. The summed E-state index contributed by atoms with van der Waals surface area (Å²) in [5.74, 6) is -4.17. The fraction of sp³-hybridized carbons (Fsp3) is 0.150. The Hall–Kier alpha value is -6.64. The highest BCUT2D eigenvalue weighted by Crippen LogP contribution is 2.42. The molecule has 0 aliphatic carbocycles. The Morgan fingerprint density at radius 1 is 0.742 bits per heavy atom. The highest BCUT2D eigenvalue weighted by molar-refractivity contribution is 6.32. The summed E-state index contributed by atoms with van der Waals surface area (Å²) >= 11 is 11.5. The number of halogens is 10. The van der Waals surface area contributed by atoms with Gasteiger partial charge >= 0.3 is 12.4 Å². The average molecular weight is 913 g/mol. The summed E-state index contributed by atoms with van der Waals surface area (Å²) in [6.45, 7) is 2.22. The van der Waals surface area contributed by atoms with Gasteiger partial charge in [0.2, 0.25) is 0 Å². The SMILES string of the molecule is Cc1cc(F)ccc1Oc1cc(C(F)(F)F)c(Cl)cc1C(=O)NC1=CC(=O)CN=C1.Cc1cc(F)ccc1Oc1cc(C(F)(F)F)c(Cl)cc1C(=O)Nc1cnn(CO)c(=O)c1. The predicted molar refractivity (Wildman–Crippen MR) is 208 cm³/mol. The summed E-state index contributed by atoms with van der Waals surface area (Å²) < 4.78 is 118. The van der Waals surface area contributed by atoms with Crippen molar-refractivity contribution in [2.24, 2.45) is 4.99 Å². The lowest BCUT2D eigenvalue weighted by Gasteiger charge is -2.17. The molecule has 2 heterocycles. The van der Waals surface area contributed by atoms with Gasteiger partial charge in [-0.25, -0.2) is 13.5 Å². The number of hydrogen-bond acceptors (Lipinski definition) is 9. The second-order valence-electron chi connectivity index (χ2n) is 12.8. The minimum Gasteiger partial charge on any atom is -0.456 e. The molecule has 1 aromatic heterocycles. The molecule has 0 unspecified atom stereocenters. The van der Waals surface area contributed by atoms with Crippen LogP contribution in [0.4, 0.5) is 40.8 Å². The molecule has 324 valence electrons. The lowest BCUT2D eigenvalue weighted by Crippen LogP contribution is -2.27. The van der Waals surface area contributed by atoms with Crippen LogP contribution in [0.2, 0.25) is 10.0 Å². The molecule has 12 nitrogen and oxygen atoms in total. The molecule has 1 aliphatic rings. The number of aryl methyl sites for hydroxylation is 2. The van der Waals surface area contributed by atoms with Crippen LogP contribution in [-0.2, 0) is 23.9 Å². The standard InChI is InChI=1S/C20H14ClF4N3O4.C20H13ClF4N2O3/c1-10-4-11(22)2-3-16(10)32-17-7-14(20(23,24)25)15(21)6-13(17)19(31)27-12-5-18(30)28(9-29)26-8-12;1-10-4-11(22)2-3-17(10)30-18-7-15(20(23,24)25)16(21)6-14(18)19(29)27-12-5-13(28)9-26-8-12/h2-8,29H,9H2,1H3,(H,27,31);2-8H,9H2,1H3,(H,27,29). The third-order valence-corrected chi connectivity index (χ3v) is 8.89. The van der Waals surface area contributed by atoms with Gasteiger partial charge in [0.05, 0.1) is 49.9 Å². The van der Waals surface area contributed by atoms with Crippen LogP contribution in [0.3, 0.4) is 0 Å². The Kier molecular flexibility index (Phi) is 14.2. The molecule has 0 saturated heterocycles. The van der Waals surface area contributed by atoms with Crippen molar-refractivity contribution in [2.75, 3.05) is 11.9 Å². The number of dihydropyridines is 1. The lowest BCUT2D eigenvalue weighted by atomic mass is 10.1. The first-order valence-corrected chi connectivity index (χ1v) is 18.0. The molecule has 1 aliphatic heterocycles. The maximum Gasteiger partial charge on any atom is 0.417 e. The van der Waals surface area contributed by atoms with Crippen molar-refractivity contribution in [3.05, 3.63) is 150 Å². The van der Waals surface area contributed by atoms with E-state index in [1.807, 2.05) is 0 Å². The minimum atomic E-state index is -4.83. The zero-order valence-electron chi connectivity index (χ0n) is 31.5. The van der Waals surface area contributed by atoms with Crippen LogP contribution in [0.1, 0.15) is 43.0 Å². The van der Waals surface area contributed by atoms with Crippen molar-refractivity contribution < 1.29 is 64.1 Å².